The minimum Gasteiger partial charge on any atom is -0.492 e. The molecule has 0 aliphatic carbocycles. The van der Waals surface area contributed by atoms with Crippen molar-refractivity contribution in [1.82, 2.24) is 19.5 Å². The third-order valence-corrected chi connectivity index (χ3v) is 3.05. The van der Waals surface area contributed by atoms with Gasteiger partial charge in [0.15, 0.2) is 11.2 Å². The highest BCUT2D eigenvalue weighted by Gasteiger charge is 2.14. The minimum absolute atomic E-state index is 0.362. The largest absolute Gasteiger partial charge is 0.492 e. The second-order valence-corrected chi connectivity index (χ2v) is 4.34. The summed E-state index contributed by atoms with van der Waals surface area (Å²) in [7, 11) is 1.54. The predicted octanol–water partition coefficient (Wildman–Crippen LogP) is 1.50. The van der Waals surface area contributed by atoms with Gasteiger partial charge < -0.3 is 15.2 Å². The normalized spacial score (nSPS) is 10.7. The van der Waals surface area contributed by atoms with E-state index < -0.39 is 0 Å². The summed E-state index contributed by atoms with van der Waals surface area (Å²) >= 11 is 0. The quantitative estimate of drug-likeness (QED) is 0.764. The SMILES string of the molecule is COc1ncnc2c1nc(N)n2CCOc1ccccc1. The molecular weight excluding hydrogens is 270 g/mol. The third-order valence-electron chi connectivity index (χ3n) is 3.05. The van der Waals surface area contributed by atoms with Gasteiger partial charge in [-0.1, -0.05) is 18.2 Å². The van der Waals surface area contributed by atoms with Gasteiger partial charge in [-0.25, -0.2) is 9.97 Å². The molecule has 2 aromatic heterocycles. The van der Waals surface area contributed by atoms with E-state index in [4.69, 9.17) is 15.2 Å². The molecule has 1 aromatic carbocycles. The fourth-order valence-electron chi connectivity index (χ4n) is 2.07. The third kappa shape index (κ3) is 2.58. The molecule has 0 atom stereocenters. The summed E-state index contributed by atoms with van der Waals surface area (Å²) in [4.78, 5) is 12.5. The van der Waals surface area contributed by atoms with Gasteiger partial charge in [-0.05, 0) is 12.1 Å². The molecule has 3 aromatic rings. The lowest BCUT2D eigenvalue weighted by molar-refractivity contribution is 0.300. The van der Waals surface area contributed by atoms with E-state index >= 15 is 0 Å². The smallest absolute Gasteiger partial charge is 0.245 e. The Morgan fingerprint density at radius 2 is 2.00 bits per heavy atom. The number of hydrogen-bond acceptors (Lipinski definition) is 6. The van der Waals surface area contributed by atoms with Gasteiger partial charge in [0.1, 0.15) is 18.7 Å². The van der Waals surface area contributed by atoms with Gasteiger partial charge in [0.05, 0.1) is 13.7 Å². The predicted molar refractivity (Wildman–Crippen MR) is 78.2 cm³/mol. The molecule has 7 heteroatoms. The van der Waals surface area contributed by atoms with E-state index in [1.807, 2.05) is 30.3 Å². The van der Waals surface area contributed by atoms with Crippen molar-refractivity contribution in [2.45, 2.75) is 6.54 Å². The van der Waals surface area contributed by atoms with Crippen molar-refractivity contribution in [2.75, 3.05) is 19.5 Å². The summed E-state index contributed by atoms with van der Waals surface area (Å²) in [6.45, 7) is 1.00. The van der Waals surface area contributed by atoms with Crippen LogP contribution in [0.2, 0.25) is 0 Å². The fraction of sp³-hybridized carbons (Fsp3) is 0.214. The average molecular weight is 285 g/mol. The lowest BCUT2D eigenvalue weighted by Crippen LogP contribution is -2.11. The molecular formula is C14H15N5O2. The molecule has 0 spiro atoms. The van der Waals surface area contributed by atoms with Crippen LogP contribution in [0.25, 0.3) is 11.2 Å². The summed E-state index contributed by atoms with van der Waals surface area (Å²) in [5, 5.41) is 0. The molecule has 0 bridgehead atoms. The molecule has 2 N–H and O–H groups in total. The second-order valence-electron chi connectivity index (χ2n) is 4.34. The summed E-state index contributed by atoms with van der Waals surface area (Å²) in [5.41, 5.74) is 7.12. The number of fused-ring (bicyclic) bond motifs is 1. The number of para-hydroxylation sites is 1. The van der Waals surface area contributed by atoms with Crippen molar-refractivity contribution in [1.29, 1.82) is 0 Å². The van der Waals surface area contributed by atoms with Crippen LogP contribution < -0.4 is 15.2 Å². The summed E-state index contributed by atoms with van der Waals surface area (Å²) in [6, 6.07) is 9.60. The Balaban J connectivity index is 1.79. The highest BCUT2D eigenvalue weighted by Crippen LogP contribution is 2.22. The van der Waals surface area contributed by atoms with E-state index in [-0.39, 0.29) is 0 Å². The number of nitrogens with two attached hydrogens (primary N) is 1. The molecule has 7 nitrogen and oxygen atoms in total. The van der Waals surface area contributed by atoms with Crippen molar-refractivity contribution in [3.63, 3.8) is 0 Å². The zero-order chi connectivity index (χ0) is 14.7. The highest BCUT2D eigenvalue weighted by atomic mass is 16.5. The van der Waals surface area contributed by atoms with Gasteiger partial charge in [0.25, 0.3) is 0 Å². The van der Waals surface area contributed by atoms with E-state index in [0.717, 1.165) is 5.75 Å². The first kappa shape index (κ1) is 13.2. The molecule has 108 valence electrons. The Bertz CT molecular complexity index is 742. The van der Waals surface area contributed by atoms with Crippen molar-refractivity contribution in [3.05, 3.63) is 36.7 Å². The first-order valence-electron chi connectivity index (χ1n) is 6.48. The molecule has 0 aliphatic heterocycles. The zero-order valence-electron chi connectivity index (χ0n) is 11.6. The van der Waals surface area contributed by atoms with Crippen molar-refractivity contribution in [2.24, 2.45) is 0 Å². The Kier molecular flexibility index (Phi) is 3.55. The molecule has 0 radical (unpaired) electrons. The van der Waals surface area contributed by atoms with Gasteiger partial charge in [0, 0.05) is 0 Å². The average Bonchev–Trinajstić information content (AvgIpc) is 2.84. The monoisotopic (exact) mass is 285 g/mol. The maximum Gasteiger partial charge on any atom is 0.245 e. The molecule has 0 unspecified atom stereocenters. The molecule has 21 heavy (non-hydrogen) atoms. The van der Waals surface area contributed by atoms with Crippen LogP contribution in [0.3, 0.4) is 0 Å². The molecule has 0 amide bonds. The van der Waals surface area contributed by atoms with Crippen molar-refractivity contribution >= 4 is 17.1 Å². The van der Waals surface area contributed by atoms with E-state index in [9.17, 15) is 0 Å². The van der Waals surface area contributed by atoms with Crippen LogP contribution in [-0.2, 0) is 6.54 Å². The Morgan fingerprint density at radius 1 is 1.19 bits per heavy atom. The van der Waals surface area contributed by atoms with Gasteiger partial charge in [-0.15, -0.1) is 0 Å². The van der Waals surface area contributed by atoms with Crippen molar-refractivity contribution < 1.29 is 9.47 Å². The number of aromatic nitrogens is 4. The van der Waals surface area contributed by atoms with Crippen LogP contribution in [0.1, 0.15) is 0 Å². The number of anilines is 1. The van der Waals surface area contributed by atoms with E-state index in [2.05, 4.69) is 15.0 Å². The van der Waals surface area contributed by atoms with Gasteiger partial charge in [-0.3, -0.25) is 4.57 Å². The second kappa shape index (κ2) is 5.66. The summed E-state index contributed by atoms with van der Waals surface area (Å²) < 4.78 is 12.6. The number of nitrogen functional groups attached to an aromatic ring is 1. The first-order valence-corrected chi connectivity index (χ1v) is 6.48. The van der Waals surface area contributed by atoms with Crippen LogP contribution in [0.4, 0.5) is 5.95 Å². The molecule has 0 fully saturated rings. The fourth-order valence-corrected chi connectivity index (χ4v) is 2.07. The number of benzene rings is 1. The maximum atomic E-state index is 5.93. The number of imidazole rings is 1. The molecule has 3 rings (SSSR count). The number of nitrogens with zero attached hydrogens (tertiary/aromatic N) is 4. The number of hydrogen-bond donors (Lipinski definition) is 1. The Hall–Kier alpha value is -2.83. The molecule has 0 saturated carbocycles. The lowest BCUT2D eigenvalue weighted by atomic mass is 10.3. The minimum atomic E-state index is 0.362. The van der Waals surface area contributed by atoms with Crippen LogP contribution in [0.15, 0.2) is 36.7 Å². The van der Waals surface area contributed by atoms with Crippen LogP contribution >= 0.6 is 0 Å². The van der Waals surface area contributed by atoms with Crippen molar-refractivity contribution in [3.8, 4) is 11.6 Å². The summed E-state index contributed by atoms with van der Waals surface area (Å²) in [5.74, 6) is 1.59. The summed E-state index contributed by atoms with van der Waals surface area (Å²) in [6.07, 6.45) is 1.43. The lowest BCUT2D eigenvalue weighted by Gasteiger charge is -2.08. The maximum absolute atomic E-state index is 5.93. The molecule has 0 aliphatic rings. The van der Waals surface area contributed by atoms with Gasteiger partial charge in [-0.2, -0.15) is 4.98 Å². The number of rotatable bonds is 5. The van der Waals surface area contributed by atoms with Gasteiger partial charge in [0.2, 0.25) is 11.8 Å². The topological polar surface area (TPSA) is 88.1 Å². The van der Waals surface area contributed by atoms with Gasteiger partial charge >= 0.3 is 0 Å². The standard InChI is InChI=1S/C14H15N5O2/c1-20-13-11-12(16-9-17-13)19(14(15)18-11)7-8-21-10-5-3-2-4-6-10/h2-6,9H,7-8H2,1H3,(H2,15,18). The first-order chi connectivity index (χ1) is 10.3. The van der Waals surface area contributed by atoms with E-state index in [1.54, 1.807) is 4.57 Å². The number of methoxy groups -OCH3 is 1. The van der Waals surface area contributed by atoms with Crippen LogP contribution in [-0.4, -0.2) is 33.2 Å². The van der Waals surface area contributed by atoms with E-state index in [0.29, 0.717) is 36.1 Å². The van der Waals surface area contributed by atoms with Crippen LogP contribution in [0.5, 0.6) is 11.6 Å². The Labute approximate surface area is 121 Å². The number of ether oxygens (including phenoxy) is 2. The molecule has 0 saturated heterocycles. The van der Waals surface area contributed by atoms with Crippen LogP contribution in [0, 0.1) is 0 Å². The molecule has 2 heterocycles. The van der Waals surface area contributed by atoms with E-state index in [1.165, 1.54) is 13.4 Å². The zero-order valence-corrected chi connectivity index (χ0v) is 11.6. The Morgan fingerprint density at radius 3 is 2.76 bits per heavy atom. The highest BCUT2D eigenvalue weighted by molar-refractivity contribution is 5.78.